The number of nitrogens with one attached hydrogen (secondary N) is 4. The lowest BCUT2D eigenvalue weighted by atomic mass is 10.1. The molecule has 0 aliphatic carbocycles. The van der Waals surface area contributed by atoms with Gasteiger partial charge in [-0.25, -0.2) is 0 Å². The summed E-state index contributed by atoms with van der Waals surface area (Å²) >= 11 is 0. The van der Waals surface area contributed by atoms with Gasteiger partial charge in [-0.15, -0.1) is 0 Å². The maximum Gasteiger partial charge on any atom is 0.246 e. The van der Waals surface area contributed by atoms with Crippen molar-refractivity contribution < 1.29 is 9.53 Å². The smallest absolute Gasteiger partial charge is 0.246 e. The number of aryl methyl sites for hydroxylation is 4. The zero-order valence-electron chi connectivity index (χ0n) is 22.5. The van der Waals surface area contributed by atoms with E-state index in [0.717, 1.165) is 33.6 Å². The predicted octanol–water partition coefficient (Wildman–Crippen LogP) is 6.04. The van der Waals surface area contributed by atoms with Gasteiger partial charge in [-0.2, -0.15) is 15.0 Å². The van der Waals surface area contributed by atoms with Crippen molar-refractivity contribution in [3.8, 4) is 5.75 Å². The number of carbonyl (C=O) groups is 1. The first kappa shape index (κ1) is 26.4. The van der Waals surface area contributed by atoms with E-state index in [4.69, 9.17) is 4.74 Å². The van der Waals surface area contributed by atoms with E-state index in [9.17, 15) is 4.79 Å². The van der Waals surface area contributed by atoms with E-state index >= 15 is 0 Å². The van der Waals surface area contributed by atoms with Gasteiger partial charge in [0.2, 0.25) is 23.8 Å². The van der Waals surface area contributed by atoms with Crippen molar-refractivity contribution in [1.82, 2.24) is 15.0 Å². The molecule has 3 aromatic carbocycles. The number of ether oxygens (including phenoxy) is 1. The van der Waals surface area contributed by atoms with E-state index in [1.165, 1.54) is 0 Å². The number of anilines is 6. The molecule has 0 aliphatic heterocycles. The number of methoxy groups -OCH3 is 1. The number of hydrogen-bond acceptors (Lipinski definition) is 8. The molecule has 0 saturated carbocycles. The van der Waals surface area contributed by atoms with E-state index in [-0.39, 0.29) is 11.9 Å². The van der Waals surface area contributed by atoms with E-state index in [0.29, 0.717) is 23.3 Å². The summed E-state index contributed by atoms with van der Waals surface area (Å²) in [4.78, 5) is 26.5. The molecule has 0 spiro atoms. The first-order valence-electron chi connectivity index (χ1n) is 12.3. The van der Waals surface area contributed by atoms with Crippen LogP contribution in [0.5, 0.6) is 5.75 Å². The average Bonchev–Trinajstić information content (AvgIpc) is 2.83. The zero-order valence-corrected chi connectivity index (χ0v) is 22.5. The van der Waals surface area contributed by atoms with Gasteiger partial charge in [0, 0.05) is 17.1 Å². The Morgan fingerprint density at radius 1 is 0.684 bits per heavy atom. The summed E-state index contributed by atoms with van der Waals surface area (Å²) in [5.41, 5.74) is 6.88. The van der Waals surface area contributed by atoms with Crippen LogP contribution in [0.15, 0.2) is 60.7 Å². The minimum atomic E-state index is -0.623. The van der Waals surface area contributed by atoms with Crippen LogP contribution in [0.25, 0.3) is 0 Å². The number of aromatic nitrogens is 3. The molecule has 9 heteroatoms. The molecule has 1 heterocycles. The molecule has 4 aromatic rings. The Kier molecular flexibility index (Phi) is 8.06. The predicted molar refractivity (Wildman–Crippen MR) is 153 cm³/mol. The Morgan fingerprint density at radius 3 is 1.58 bits per heavy atom. The molecule has 4 rings (SSSR count). The minimum Gasteiger partial charge on any atom is -0.497 e. The van der Waals surface area contributed by atoms with E-state index in [1.807, 2.05) is 52.0 Å². The molecular formula is C29H33N7O2. The van der Waals surface area contributed by atoms with Gasteiger partial charge in [-0.1, -0.05) is 12.1 Å². The normalized spacial score (nSPS) is 11.4. The fourth-order valence-corrected chi connectivity index (χ4v) is 4.09. The Bertz CT molecular complexity index is 1330. The number of nitrogens with zero attached hydrogens (tertiary/aromatic N) is 3. The van der Waals surface area contributed by atoms with Gasteiger partial charge in [-0.05, 0) is 105 Å². The second-order valence-corrected chi connectivity index (χ2v) is 9.39. The van der Waals surface area contributed by atoms with Crippen molar-refractivity contribution in [2.75, 3.05) is 28.4 Å². The van der Waals surface area contributed by atoms with Crippen molar-refractivity contribution in [2.24, 2.45) is 0 Å². The van der Waals surface area contributed by atoms with Crippen molar-refractivity contribution in [2.45, 2.75) is 40.7 Å². The third kappa shape index (κ3) is 7.19. The van der Waals surface area contributed by atoms with Crippen LogP contribution < -0.4 is 26.0 Å². The largest absolute Gasteiger partial charge is 0.497 e. The van der Waals surface area contributed by atoms with Crippen molar-refractivity contribution in [3.05, 3.63) is 82.9 Å². The highest BCUT2D eigenvalue weighted by atomic mass is 16.5. The molecule has 0 radical (unpaired) electrons. The van der Waals surface area contributed by atoms with Crippen LogP contribution in [-0.2, 0) is 4.79 Å². The molecule has 1 atom stereocenters. The summed E-state index contributed by atoms with van der Waals surface area (Å²) in [5, 5.41) is 12.5. The molecule has 0 fully saturated rings. The highest BCUT2D eigenvalue weighted by molar-refractivity contribution is 5.96. The molecular weight excluding hydrogens is 478 g/mol. The van der Waals surface area contributed by atoms with Gasteiger partial charge >= 0.3 is 0 Å². The summed E-state index contributed by atoms with van der Waals surface area (Å²) in [6.45, 7) is 9.89. The second kappa shape index (κ2) is 11.6. The summed E-state index contributed by atoms with van der Waals surface area (Å²) in [6.07, 6.45) is 0. The number of hydrogen-bond donors (Lipinski definition) is 4. The molecule has 1 amide bonds. The molecule has 196 valence electrons. The summed E-state index contributed by atoms with van der Waals surface area (Å²) in [7, 11) is 1.60. The number of carbonyl (C=O) groups excluding carboxylic acids is 1. The topological polar surface area (TPSA) is 113 Å². The number of rotatable bonds is 9. The molecule has 9 nitrogen and oxygen atoms in total. The molecule has 4 N–H and O–H groups in total. The summed E-state index contributed by atoms with van der Waals surface area (Å²) in [5.74, 6) is 1.44. The molecule has 0 aliphatic rings. The van der Waals surface area contributed by atoms with Crippen LogP contribution in [0, 0.1) is 27.7 Å². The average molecular weight is 512 g/mol. The van der Waals surface area contributed by atoms with Crippen LogP contribution >= 0.6 is 0 Å². The summed E-state index contributed by atoms with van der Waals surface area (Å²) in [6, 6.07) is 18.8. The first-order chi connectivity index (χ1) is 18.2. The quantitative estimate of drug-likeness (QED) is 0.215. The minimum absolute atomic E-state index is 0.233. The van der Waals surface area contributed by atoms with Crippen LogP contribution in [-0.4, -0.2) is 34.0 Å². The number of amides is 1. The van der Waals surface area contributed by atoms with Crippen LogP contribution in [0.4, 0.5) is 34.9 Å². The fraction of sp³-hybridized carbons (Fsp3) is 0.241. The Morgan fingerprint density at radius 2 is 1.13 bits per heavy atom. The van der Waals surface area contributed by atoms with Gasteiger partial charge in [0.25, 0.3) is 0 Å². The lowest BCUT2D eigenvalue weighted by Gasteiger charge is -2.16. The van der Waals surface area contributed by atoms with Crippen molar-refractivity contribution in [1.29, 1.82) is 0 Å². The molecule has 0 bridgehead atoms. The third-order valence-electron chi connectivity index (χ3n) is 5.69. The van der Waals surface area contributed by atoms with E-state index in [2.05, 4.69) is 48.4 Å². The third-order valence-corrected chi connectivity index (χ3v) is 5.69. The van der Waals surface area contributed by atoms with Gasteiger partial charge < -0.3 is 26.0 Å². The second-order valence-electron chi connectivity index (χ2n) is 9.39. The van der Waals surface area contributed by atoms with Crippen LogP contribution in [0.2, 0.25) is 0 Å². The highest BCUT2D eigenvalue weighted by Crippen LogP contribution is 2.22. The Hall–Kier alpha value is -4.66. The Labute approximate surface area is 223 Å². The maximum atomic E-state index is 12.9. The van der Waals surface area contributed by atoms with Gasteiger partial charge in [0.05, 0.1) is 7.11 Å². The number of benzene rings is 3. The van der Waals surface area contributed by atoms with Crippen molar-refractivity contribution in [3.63, 3.8) is 0 Å². The van der Waals surface area contributed by atoms with Gasteiger partial charge in [0.1, 0.15) is 11.8 Å². The van der Waals surface area contributed by atoms with Crippen molar-refractivity contribution >= 4 is 40.8 Å². The standard InChI is InChI=1S/C29H33N7O2/c1-17-11-18(2)14-23(13-17)32-28-34-27(35-29(36-28)33-24-15-19(3)12-20(4)16-24)30-21(5)26(37)31-22-7-9-25(38-6)10-8-22/h7-16,21H,1-6H3,(H,31,37)(H3,30,32,33,34,35,36)/t21-/m0/s1. The molecule has 38 heavy (non-hydrogen) atoms. The SMILES string of the molecule is COc1ccc(NC(=O)[C@H](C)Nc2nc(Nc3cc(C)cc(C)c3)nc(Nc3cc(C)cc(C)c3)n2)cc1. The lowest BCUT2D eigenvalue weighted by Crippen LogP contribution is -2.32. The van der Waals surface area contributed by atoms with Crippen LogP contribution in [0.3, 0.4) is 0 Å². The summed E-state index contributed by atoms with van der Waals surface area (Å²) < 4.78 is 5.17. The lowest BCUT2D eigenvalue weighted by molar-refractivity contribution is -0.116. The van der Waals surface area contributed by atoms with E-state index < -0.39 is 6.04 Å². The van der Waals surface area contributed by atoms with Gasteiger partial charge in [0.15, 0.2) is 0 Å². The monoisotopic (exact) mass is 511 g/mol. The maximum absolute atomic E-state index is 12.9. The van der Waals surface area contributed by atoms with Crippen LogP contribution in [0.1, 0.15) is 29.2 Å². The molecule has 1 aromatic heterocycles. The van der Waals surface area contributed by atoms with Gasteiger partial charge in [-0.3, -0.25) is 4.79 Å². The fourth-order valence-electron chi connectivity index (χ4n) is 4.09. The molecule has 0 unspecified atom stereocenters. The highest BCUT2D eigenvalue weighted by Gasteiger charge is 2.16. The Balaban J connectivity index is 1.58. The zero-order chi connectivity index (χ0) is 27.2. The molecule has 0 saturated heterocycles. The van der Waals surface area contributed by atoms with E-state index in [1.54, 1.807) is 38.3 Å². The first-order valence-corrected chi connectivity index (χ1v) is 12.3.